The number of carbonyl (C=O) groups excluding carboxylic acids is 1. The van der Waals surface area contributed by atoms with Gasteiger partial charge in [-0.25, -0.2) is 4.79 Å². The van der Waals surface area contributed by atoms with Crippen molar-refractivity contribution in [1.29, 1.82) is 0 Å². The van der Waals surface area contributed by atoms with Gasteiger partial charge < -0.3 is 24.7 Å². The molecule has 30 heavy (non-hydrogen) atoms. The van der Waals surface area contributed by atoms with Crippen molar-refractivity contribution in [3.8, 4) is 11.5 Å². The lowest BCUT2D eigenvalue weighted by atomic mass is 9.92. The van der Waals surface area contributed by atoms with Gasteiger partial charge in [-0.2, -0.15) is 0 Å². The number of hydrogen-bond acceptors (Lipinski definition) is 3. The maximum Gasteiger partial charge on any atom is 0.318 e. The van der Waals surface area contributed by atoms with Gasteiger partial charge in [0.1, 0.15) is 11.5 Å². The standard InChI is InChI=1S/C24H29N3O3/c1-4-5-12-25-24(28)27-13-11-19-20-15-18(30-3)9-10-21(20)26-22(19)23(27)16-7-6-8-17(14-16)29-2/h6-10,14-15,23,26H,4-5,11-13H2,1-3H3,(H,25,28)/t23-/m1/s1. The summed E-state index contributed by atoms with van der Waals surface area (Å²) in [6, 6.07) is 13.8. The fourth-order valence-corrected chi connectivity index (χ4v) is 4.25. The Bertz CT molecular complexity index is 1040. The predicted octanol–water partition coefficient (Wildman–Crippen LogP) is 4.64. The number of carbonyl (C=O) groups is 1. The van der Waals surface area contributed by atoms with Crippen LogP contribution in [0.2, 0.25) is 0 Å². The van der Waals surface area contributed by atoms with Crippen LogP contribution in [0.5, 0.6) is 11.5 Å². The Morgan fingerprint density at radius 1 is 1.17 bits per heavy atom. The Labute approximate surface area is 177 Å². The van der Waals surface area contributed by atoms with E-state index < -0.39 is 0 Å². The van der Waals surface area contributed by atoms with Crippen LogP contribution in [0.15, 0.2) is 42.5 Å². The van der Waals surface area contributed by atoms with Crippen molar-refractivity contribution < 1.29 is 14.3 Å². The van der Waals surface area contributed by atoms with Crippen molar-refractivity contribution in [2.45, 2.75) is 32.2 Å². The van der Waals surface area contributed by atoms with Gasteiger partial charge in [-0.05, 0) is 54.3 Å². The number of hydrogen-bond donors (Lipinski definition) is 2. The van der Waals surface area contributed by atoms with E-state index in [1.54, 1.807) is 14.2 Å². The summed E-state index contributed by atoms with van der Waals surface area (Å²) in [5.41, 5.74) is 4.39. The van der Waals surface area contributed by atoms with Crippen molar-refractivity contribution >= 4 is 16.9 Å². The van der Waals surface area contributed by atoms with Crippen molar-refractivity contribution in [1.82, 2.24) is 15.2 Å². The van der Waals surface area contributed by atoms with Crippen LogP contribution in [0, 0.1) is 0 Å². The monoisotopic (exact) mass is 407 g/mol. The van der Waals surface area contributed by atoms with E-state index >= 15 is 0 Å². The molecule has 0 radical (unpaired) electrons. The molecule has 0 fully saturated rings. The minimum atomic E-state index is -0.205. The van der Waals surface area contributed by atoms with E-state index in [0.29, 0.717) is 13.1 Å². The molecule has 0 spiro atoms. The number of benzene rings is 2. The molecule has 6 nitrogen and oxygen atoms in total. The van der Waals surface area contributed by atoms with Gasteiger partial charge in [0, 0.05) is 29.7 Å². The molecule has 6 heteroatoms. The molecule has 0 saturated carbocycles. The molecule has 1 aromatic heterocycles. The molecular formula is C24H29N3O3. The molecule has 0 bridgehead atoms. The molecule has 2 N–H and O–H groups in total. The third-order valence-corrected chi connectivity index (χ3v) is 5.81. The van der Waals surface area contributed by atoms with Crippen molar-refractivity contribution in [3.63, 3.8) is 0 Å². The molecule has 4 rings (SSSR count). The summed E-state index contributed by atoms with van der Waals surface area (Å²) in [7, 11) is 3.34. The molecule has 1 aliphatic heterocycles. The Morgan fingerprint density at radius 2 is 1.97 bits per heavy atom. The van der Waals surface area contributed by atoms with Crippen molar-refractivity contribution in [2.24, 2.45) is 0 Å². The molecule has 0 unspecified atom stereocenters. The van der Waals surface area contributed by atoms with Crippen LogP contribution in [-0.4, -0.2) is 43.2 Å². The largest absolute Gasteiger partial charge is 0.497 e. The zero-order valence-electron chi connectivity index (χ0n) is 17.8. The number of methoxy groups -OCH3 is 2. The number of unbranched alkanes of at least 4 members (excludes halogenated alkanes) is 1. The van der Waals surface area contributed by atoms with Crippen LogP contribution in [0.4, 0.5) is 4.79 Å². The van der Waals surface area contributed by atoms with Gasteiger partial charge in [0.25, 0.3) is 0 Å². The van der Waals surface area contributed by atoms with Gasteiger partial charge in [-0.15, -0.1) is 0 Å². The second-order valence-electron chi connectivity index (χ2n) is 7.64. The van der Waals surface area contributed by atoms with E-state index in [2.05, 4.69) is 29.4 Å². The van der Waals surface area contributed by atoms with Crippen LogP contribution in [0.1, 0.15) is 42.6 Å². The van der Waals surface area contributed by atoms with Crippen LogP contribution in [0.3, 0.4) is 0 Å². The average Bonchev–Trinajstić information content (AvgIpc) is 3.16. The van der Waals surface area contributed by atoms with E-state index in [0.717, 1.165) is 52.9 Å². The number of rotatable bonds is 6. The normalized spacial score (nSPS) is 15.7. The van der Waals surface area contributed by atoms with Gasteiger partial charge >= 0.3 is 6.03 Å². The zero-order chi connectivity index (χ0) is 21.1. The summed E-state index contributed by atoms with van der Waals surface area (Å²) in [5.74, 6) is 1.62. The molecule has 2 aromatic carbocycles. The topological polar surface area (TPSA) is 66.6 Å². The van der Waals surface area contributed by atoms with Gasteiger partial charge in [-0.1, -0.05) is 25.5 Å². The second-order valence-corrected chi connectivity index (χ2v) is 7.64. The first-order valence-corrected chi connectivity index (χ1v) is 10.5. The maximum atomic E-state index is 13.1. The highest BCUT2D eigenvalue weighted by Gasteiger charge is 2.34. The molecule has 0 saturated heterocycles. The minimum absolute atomic E-state index is 0.0295. The van der Waals surface area contributed by atoms with E-state index in [1.807, 2.05) is 35.2 Å². The molecule has 1 aliphatic rings. The maximum absolute atomic E-state index is 13.1. The summed E-state index contributed by atoms with van der Waals surface area (Å²) >= 11 is 0. The molecular weight excluding hydrogens is 378 g/mol. The van der Waals surface area contributed by atoms with Gasteiger partial charge in [0.2, 0.25) is 0 Å². The molecule has 0 aliphatic carbocycles. The Kier molecular flexibility index (Phi) is 5.84. The van der Waals surface area contributed by atoms with Crippen LogP contribution in [-0.2, 0) is 6.42 Å². The van der Waals surface area contributed by atoms with E-state index in [1.165, 1.54) is 5.56 Å². The summed E-state index contributed by atoms with van der Waals surface area (Å²) in [4.78, 5) is 18.6. The highest BCUT2D eigenvalue weighted by atomic mass is 16.5. The highest BCUT2D eigenvalue weighted by Crippen LogP contribution is 2.40. The molecule has 2 heterocycles. The highest BCUT2D eigenvalue weighted by molar-refractivity contribution is 5.87. The predicted molar refractivity (Wildman–Crippen MR) is 118 cm³/mol. The first-order valence-electron chi connectivity index (χ1n) is 10.5. The smallest absolute Gasteiger partial charge is 0.318 e. The van der Waals surface area contributed by atoms with E-state index in [-0.39, 0.29) is 12.1 Å². The SMILES string of the molecule is CCCCNC(=O)N1CCc2c([nH]c3ccc(OC)cc23)[C@H]1c1cccc(OC)c1. The van der Waals surface area contributed by atoms with E-state index in [4.69, 9.17) is 9.47 Å². The molecule has 2 amide bonds. The quantitative estimate of drug-likeness (QED) is 0.585. The Morgan fingerprint density at radius 3 is 2.73 bits per heavy atom. The number of nitrogens with one attached hydrogen (secondary N) is 2. The number of nitrogens with zero attached hydrogens (tertiary/aromatic N) is 1. The zero-order valence-corrected chi connectivity index (χ0v) is 17.8. The number of ether oxygens (including phenoxy) is 2. The average molecular weight is 408 g/mol. The van der Waals surface area contributed by atoms with E-state index in [9.17, 15) is 4.79 Å². The molecule has 1 atom stereocenters. The number of H-pyrrole nitrogens is 1. The second kappa shape index (κ2) is 8.69. The number of urea groups is 1. The summed E-state index contributed by atoms with van der Waals surface area (Å²) in [6.45, 7) is 3.46. The van der Waals surface area contributed by atoms with Gasteiger partial charge in [-0.3, -0.25) is 0 Å². The number of aromatic amines is 1. The summed E-state index contributed by atoms with van der Waals surface area (Å²) in [5, 5.41) is 4.24. The molecule has 158 valence electrons. The fourth-order valence-electron chi connectivity index (χ4n) is 4.25. The number of aromatic nitrogens is 1. The first-order chi connectivity index (χ1) is 14.7. The summed E-state index contributed by atoms with van der Waals surface area (Å²) < 4.78 is 10.9. The van der Waals surface area contributed by atoms with Crippen molar-refractivity contribution in [3.05, 3.63) is 59.3 Å². The van der Waals surface area contributed by atoms with Crippen molar-refractivity contribution in [2.75, 3.05) is 27.3 Å². The first kappa shape index (κ1) is 20.1. The minimum Gasteiger partial charge on any atom is -0.497 e. The third-order valence-electron chi connectivity index (χ3n) is 5.81. The Hall–Kier alpha value is -3.15. The van der Waals surface area contributed by atoms with Gasteiger partial charge in [0.15, 0.2) is 0 Å². The fraction of sp³-hybridized carbons (Fsp3) is 0.375. The Balaban J connectivity index is 1.79. The van der Waals surface area contributed by atoms with Crippen LogP contribution in [0.25, 0.3) is 10.9 Å². The summed E-state index contributed by atoms with van der Waals surface area (Å²) in [6.07, 6.45) is 2.82. The molecule has 3 aromatic rings. The third kappa shape index (κ3) is 3.70. The van der Waals surface area contributed by atoms with Gasteiger partial charge in [0.05, 0.1) is 20.3 Å². The lowest BCUT2D eigenvalue weighted by molar-refractivity contribution is 0.179. The van der Waals surface area contributed by atoms with Crippen LogP contribution < -0.4 is 14.8 Å². The number of amides is 2. The lowest BCUT2D eigenvalue weighted by Crippen LogP contribution is -2.46. The van der Waals surface area contributed by atoms with Crippen LogP contribution >= 0.6 is 0 Å². The lowest BCUT2D eigenvalue weighted by Gasteiger charge is -2.36. The number of fused-ring (bicyclic) bond motifs is 3.